The van der Waals surface area contributed by atoms with Crippen LogP contribution in [0.15, 0.2) is 12.2 Å². The molecular weight excluding hydrogens is 200 g/mol. The van der Waals surface area contributed by atoms with Crippen LogP contribution >= 0.6 is 0 Å². The van der Waals surface area contributed by atoms with Crippen molar-refractivity contribution in [3.63, 3.8) is 0 Å². The molecule has 0 aromatic rings. The van der Waals surface area contributed by atoms with Crippen LogP contribution in [0.3, 0.4) is 0 Å². The van der Waals surface area contributed by atoms with Crippen molar-refractivity contribution < 1.29 is 10.2 Å². The summed E-state index contributed by atoms with van der Waals surface area (Å²) in [5.41, 5.74) is 0. The fourth-order valence-corrected chi connectivity index (χ4v) is 1.68. The summed E-state index contributed by atoms with van der Waals surface area (Å²) in [6.07, 6.45) is 12.8. The molecule has 0 aliphatic heterocycles. The molecule has 2 nitrogen and oxygen atoms in total. The smallest absolute Gasteiger partial charge is 0.182 e. The molecule has 0 aromatic carbocycles. The molecule has 0 heterocycles. The van der Waals surface area contributed by atoms with Crippen molar-refractivity contribution in [3.8, 4) is 0 Å². The van der Waals surface area contributed by atoms with Crippen molar-refractivity contribution in [2.24, 2.45) is 0 Å². The highest BCUT2D eigenvalue weighted by molar-refractivity contribution is 4.93. The van der Waals surface area contributed by atoms with Gasteiger partial charge < -0.3 is 10.2 Å². The van der Waals surface area contributed by atoms with Crippen LogP contribution in [0.5, 0.6) is 0 Å². The lowest BCUT2D eigenvalue weighted by molar-refractivity contribution is -0.124. The molecule has 0 aromatic heterocycles. The first-order chi connectivity index (χ1) is 7.62. The predicted molar refractivity (Wildman–Crippen MR) is 69.2 cm³/mol. The summed E-state index contributed by atoms with van der Waals surface area (Å²) in [5, 5.41) is 19.2. The van der Waals surface area contributed by atoms with Crippen molar-refractivity contribution in [1.29, 1.82) is 0 Å². The van der Waals surface area contributed by atoms with Gasteiger partial charge in [0.05, 0.1) is 0 Å². The van der Waals surface area contributed by atoms with Gasteiger partial charge in [-0.05, 0) is 25.3 Å². The maximum Gasteiger partial charge on any atom is 0.182 e. The first-order valence-corrected chi connectivity index (χ1v) is 6.75. The Morgan fingerprint density at radius 1 is 0.875 bits per heavy atom. The van der Waals surface area contributed by atoms with Crippen molar-refractivity contribution in [2.75, 3.05) is 0 Å². The van der Waals surface area contributed by atoms with Gasteiger partial charge in [-0.3, -0.25) is 0 Å². The van der Waals surface area contributed by atoms with Crippen LogP contribution < -0.4 is 0 Å². The van der Waals surface area contributed by atoms with E-state index >= 15 is 0 Å². The molecule has 0 radical (unpaired) electrons. The minimum absolute atomic E-state index is 0.451. The normalized spacial score (nSPS) is 12.5. The summed E-state index contributed by atoms with van der Waals surface area (Å²) >= 11 is 0. The van der Waals surface area contributed by atoms with E-state index in [4.69, 9.17) is 0 Å². The summed E-state index contributed by atoms with van der Waals surface area (Å²) in [6, 6.07) is 0. The second-order valence-electron chi connectivity index (χ2n) is 4.59. The number of unbranched alkanes of at least 4 members (excludes halogenated alkanes) is 6. The van der Waals surface area contributed by atoms with Crippen molar-refractivity contribution in [2.45, 2.75) is 77.4 Å². The van der Waals surface area contributed by atoms with Crippen molar-refractivity contribution in [3.05, 3.63) is 12.2 Å². The minimum atomic E-state index is -1.58. The largest absolute Gasteiger partial charge is 0.362 e. The third-order valence-electron chi connectivity index (χ3n) is 2.76. The molecule has 0 aliphatic carbocycles. The van der Waals surface area contributed by atoms with Crippen LogP contribution in [0, 0.1) is 0 Å². The third kappa shape index (κ3) is 10.2. The maximum absolute atomic E-state index is 9.61. The molecular formula is C14H28O2. The molecule has 0 rings (SSSR count). The number of aliphatic hydroxyl groups is 2. The quantitative estimate of drug-likeness (QED) is 0.339. The number of hydrogen-bond acceptors (Lipinski definition) is 2. The average Bonchev–Trinajstić information content (AvgIpc) is 2.23. The van der Waals surface area contributed by atoms with E-state index in [0.29, 0.717) is 6.42 Å². The SMILES string of the molecule is CCCCCCC=CC(O)(O)CCCCC. The third-order valence-corrected chi connectivity index (χ3v) is 2.76. The van der Waals surface area contributed by atoms with E-state index in [2.05, 4.69) is 13.8 Å². The van der Waals surface area contributed by atoms with Crippen LogP contribution in [0.1, 0.15) is 71.6 Å². The maximum atomic E-state index is 9.61. The zero-order valence-electron chi connectivity index (χ0n) is 10.9. The summed E-state index contributed by atoms with van der Waals surface area (Å²) in [4.78, 5) is 0. The molecule has 0 amide bonds. The van der Waals surface area contributed by atoms with Gasteiger partial charge in [0.15, 0.2) is 5.79 Å². The van der Waals surface area contributed by atoms with E-state index < -0.39 is 5.79 Å². The lowest BCUT2D eigenvalue weighted by atomic mass is 10.1. The highest BCUT2D eigenvalue weighted by Gasteiger charge is 2.17. The van der Waals surface area contributed by atoms with Gasteiger partial charge in [0.25, 0.3) is 0 Å². The Hall–Kier alpha value is -0.340. The Balaban J connectivity index is 3.57. The second kappa shape index (κ2) is 9.86. The van der Waals surface area contributed by atoms with Gasteiger partial charge in [-0.2, -0.15) is 0 Å². The number of allylic oxidation sites excluding steroid dienone is 1. The number of rotatable bonds is 10. The molecule has 96 valence electrons. The first-order valence-electron chi connectivity index (χ1n) is 6.75. The van der Waals surface area contributed by atoms with E-state index in [0.717, 1.165) is 32.1 Å². The van der Waals surface area contributed by atoms with Gasteiger partial charge in [0, 0.05) is 6.42 Å². The monoisotopic (exact) mass is 228 g/mol. The topological polar surface area (TPSA) is 40.5 Å². The van der Waals surface area contributed by atoms with Gasteiger partial charge >= 0.3 is 0 Å². The zero-order valence-corrected chi connectivity index (χ0v) is 10.9. The molecule has 2 heteroatoms. The summed E-state index contributed by atoms with van der Waals surface area (Å²) in [7, 11) is 0. The van der Waals surface area contributed by atoms with Crippen molar-refractivity contribution in [1.82, 2.24) is 0 Å². The van der Waals surface area contributed by atoms with Gasteiger partial charge in [0.1, 0.15) is 0 Å². The van der Waals surface area contributed by atoms with Crippen LogP contribution in [-0.4, -0.2) is 16.0 Å². The van der Waals surface area contributed by atoms with E-state index in [9.17, 15) is 10.2 Å². The Labute approximate surface area is 100 Å². The van der Waals surface area contributed by atoms with Gasteiger partial charge in [-0.25, -0.2) is 0 Å². The standard InChI is InChI=1S/C14H28O2/c1-3-5-7-8-9-11-13-14(15,16)12-10-6-4-2/h11,13,15-16H,3-10,12H2,1-2H3. The molecule has 0 atom stereocenters. The predicted octanol–water partition coefficient (Wildman–Crippen LogP) is 3.77. The lowest BCUT2D eigenvalue weighted by Gasteiger charge is -2.16. The van der Waals surface area contributed by atoms with Gasteiger partial charge in [-0.1, -0.05) is 52.0 Å². The Morgan fingerprint density at radius 3 is 2.12 bits per heavy atom. The van der Waals surface area contributed by atoms with E-state index in [1.54, 1.807) is 6.08 Å². The molecule has 0 spiro atoms. The summed E-state index contributed by atoms with van der Waals surface area (Å²) in [5.74, 6) is -1.58. The van der Waals surface area contributed by atoms with Gasteiger partial charge in [-0.15, -0.1) is 0 Å². The fraction of sp³-hybridized carbons (Fsp3) is 0.857. The van der Waals surface area contributed by atoms with E-state index in [1.165, 1.54) is 19.3 Å². The Morgan fingerprint density at radius 2 is 1.50 bits per heavy atom. The van der Waals surface area contributed by atoms with Crippen LogP contribution in [0.25, 0.3) is 0 Å². The molecule has 2 N–H and O–H groups in total. The molecule has 0 bridgehead atoms. The summed E-state index contributed by atoms with van der Waals surface area (Å²) < 4.78 is 0. The molecule has 16 heavy (non-hydrogen) atoms. The van der Waals surface area contributed by atoms with Crippen LogP contribution in [0.4, 0.5) is 0 Å². The minimum Gasteiger partial charge on any atom is -0.362 e. The van der Waals surface area contributed by atoms with E-state index in [-0.39, 0.29) is 0 Å². The van der Waals surface area contributed by atoms with E-state index in [1.807, 2.05) is 6.08 Å². The first kappa shape index (κ1) is 15.7. The fourth-order valence-electron chi connectivity index (χ4n) is 1.68. The summed E-state index contributed by atoms with van der Waals surface area (Å²) in [6.45, 7) is 4.30. The van der Waals surface area contributed by atoms with Crippen LogP contribution in [-0.2, 0) is 0 Å². The lowest BCUT2D eigenvalue weighted by Crippen LogP contribution is -2.24. The molecule has 0 aliphatic rings. The highest BCUT2D eigenvalue weighted by Crippen LogP contribution is 2.14. The Kier molecular flexibility index (Phi) is 9.65. The highest BCUT2D eigenvalue weighted by atomic mass is 16.5. The van der Waals surface area contributed by atoms with Gasteiger partial charge in [0.2, 0.25) is 0 Å². The van der Waals surface area contributed by atoms with Crippen molar-refractivity contribution >= 4 is 0 Å². The van der Waals surface area contributed by atoms with Crippen LogP contribution in [0.2, 0.25) is 0 Å². The molecule has 0 fully saturated rings. The molecule has 0 saturated heterocycles. The molecule has 0 unspecified atom stereocenters. The Bertz CT molecular complexity index is 174. The second-order valence-corrected chi connectivity index (χ2v) is 4.59. The molecule has 0 saturated carbocycles. The zero-order chi connectivity index (χ0) is 12.3. The average molecular weight is 228 g/mol. The number of hydrogen-bond donors (Lipinski definition) is 2.